The molecule has 0 saturated carbocycles. The third kappa shape index (κ3) is 5.14. The number of halogens is 2. The third-order valence-electron chi connectivity index (χ3n) is 3.17. The van der Waals surface area contributed by atoms with Gasteiger partial charge in [0.25, 0.3) is 0 Å². The second-order valence-corrected chi connectivity index (χ2v) is 6.69. The van der Waals surface area contributed by atoms with Crippen LogP contribution in [0.5, 0.6) is 11.5 Å². The summed E-state index contributed by atoms with van der Waals surface area (Å²) in [5.41, 5.74) is 1.52. The van der Waals surface area contributed by atoms with Gasteiger partial charge in [0, 0.05) is 17.0 Å². The zero-order valence-electron chi connectivity index (χ0n) is 13.3. The smallest absolute Gasteiger partial charge is 0.234 e. The van der Waals surface area contributed by atoms with Crippen molar-refractivity contribution in [2.45, 2.75) is 5.75 Å². The summed E-state index contributed by atoms with van der Waals surface area (Å²) in [6, 6.07) is 9.39. The molecule has 0 radical (unpaired) electrons. The van der Waals surface area contributed by atoms with Gasteiger partial charge in [0.05, 0.1) is 24.4 Å². The van der Waals surface area contributed by atoms with E-state index in [1.165, 1.54) is 36.0 Å². The Morgan fingerprint density at radius 1 is 1.17 bits per heavy atom. The molecule has 0 bridgehead atoms. The molecule has 0 heterocycles. The molecule has 0 aromatic heterocycles. The van der Waals surface area contributed by atoms with Gasteiger partial charge in [0.15, 0.2) is 0 Å². The van der Waals surface area contributed by atoms with E-state index in [-0.39, 0.29) is 17.5 Å². The highest BCUT2D eigenvalue weighted by Crippen LogP contribution is 2.34. The minimum atomic E-state index is -0.335. The van der Waals surface area contributed by atoms with E-state index in [4.69, 9.17) is 9.47 Å². The number of rotatable bonds is 7. The number of amides is 1. The van der Waals surface area contributed by atoms with Gasteiger partial charge in [-0.2, -0.15) is 0 Å². The van der Waals surface area contributed by atoms with Gasteiger partial charge in [-0.3, -0.25) is 4.79 Å². The van der Waals surface area contributed by atoms with Gasteiger partial charge >= 0.3 is 0 Å². The lowest BCUT2D eigenvalue weighted by molar-refractivity contribution is -0.113. The fraction of sp³-hybridized carbons (Fsp3) is 0.235. The monoisotopic (exact) mass is 413 g/mol. The molecule has 24 heavy (non-hydrogen) atoms. The van der Waals surface area contributed by atoms with Gasteiger partial charge in [0.1, 0.15) is 17.3 Å². The van der Waals surface area contributed by atoms with Crippen molar-refractivity contribution in [2.24, 2.45) is 0 Å². The summed E-state index contributed by atoms with van der Waals surface area (Å²) >= 11 is 4.87. The SMILES string of the molecule is COc1cc(CSCC(=O)Nc2ccc(F)cc2)c(OC)cc1Br. The zero-order valence-corrected chi connectivity index (χ0v) is 15.7. The second-order valence-electron chi connectivity index (χ2n) is 4.85. The molecular formula is C17H17BrFNO3S. The summed E-state index contributed by atoms with van der Waals surface area (Å²) in [4.78, 5) is 11.9. The van der Waals surface area contributed by atoms with Crippen LogP contribution in [0.4, 0.5) is 10.1 Å². The van der Waals surface area contributed by atoms with E-state index in [1.54, 1.807) is 14.2 Å². The quantitative estimate of drug-likeness (QED) is 0.726. The van der Waals surface area contributed by atoms with Crippen LogP contribution in [0.3, 0.4) is 0 Å². The molecule has 1 N–H and O–H groups in total. The first-order valence-corrected chi connectivity index (χ1v) is 9.02. The van der Waals surface area contributed by atoms with Gasteiger partial charge in [-0.25, -0.2) is 4.39 Å². The number of thioether (sulfide) groups is 1. The predicted octanol–water partition coefficient (Wildman–Crippen LogP) is 4.48. The maximum Gasteiger partial charge on any atom is 0.234 e. The summed E-state index contributed by atoms with van der Waals surface area (Å²) in [6.07, 6.45) is 0. The molecule has 0 atom stereocenters. The van der Waals surface area contributed by atoms with Crippen LogP contribution in [0.25, 0.3) is 0 Å². The average molecular weight is 414 g/mol. The zero-order chi connectivity index (χ0) is 17.5. The number of benzene rings is 2. The van der Waals surface area contributed by atoms with Crippen LogP contribution in [0.1, 0.15) is 5.56 Å². The van der Waals surface area contributed by atoms with E-state index >= 15 is 0 Å². The number of anilines is 1. The normalized spacial score (nSPS) is 10.3. The van der Waals surface area contributed by atoms with E-state index in [1.807, 2.05) is 12.1 Å². The summed E-state index contributed by atoms with van der Waals surface area (Å²) in [5, 5.41) is 2.73. The van der Waals surface area contributed by atoms with E-state index in [0.29, 0.717) is 17.2 Å². The molecule has 2 rings (SSSR count). The molecule has 0 saturated heterocycles. The number of methoxy groups -OCH3 is 2. The van der Waals surface area contributed by atoms with Crippen molar-refractivity contribution >= 4 is 39.3 Å². The summed E-state index contributed by atoms with van der Waals surface area (Å²) in [6.45, 7) is 0. The first kappa shape index (κ1) is 18.6. The average Bonchev–Trinajstić information content (AvgIpc) is 2.57. The first-order valence-electron chi connectivity index (χ1n) is 7.07. The molecule has 0 aliphatic carbocycles. The molecule has 2 aromatic carbocycles. The Morgan fingerprint density at radius 3 is 2.46 bits per heavy atom. The molecule has 0 aliphatic heterocycles. The van der Waals surface area contributed by atoms with Crippen molar-refractivity contribution in [3.8, 4) is 11.5 Å². The number of hydrogen-bond acceptors (Lipinski definition) is 4. The van der Waals surface area contributed by atoms with E-state index in [0.717, 1.165) is 15.8 Å². The molecule has 0 unspecified atom stereocenters. The number of nitrogens with one attached hydrogen (secondary N) is 1. The maximum atomic E-state index is 12.8. The lowest BCUT2D eigenvalue weighted by Gasteiger charge is -2.12. The molecule has 1 amide bonds. The van der Waals surface area contributed by atoms with Crippen LogP contribution < -0.4 is 14.8 Å². The predicted molar refractivity (Wildman–Crippen MR) is 98.4 cm³/mol. The molecule has 128 valence electrons. The molecule has 0 fully saturated rings. The molecule has 2 aromatic rings. The summed E-state index contributed by atoms with van der Waals surface area (Å²) < 4.78 is 24.3. The van der Waals surface area contributed by atoms with Gasteiger partial charge in [-0.1, -0.05) is 0 Å². The number of hydrogen-bond donors (Lipinski definition) is 1. The van der Waals surface area contributed by atoms with Crippen molar-refractivity contribution in [3.05, 3.63) is 52.3 Å². The Hall–Kier alpha value is -1.73. The van der Waals surface area contributed by atoms with Crippen LogP contribution in [0.2, 0.25) is 0 Å². The number of carbonyl (C=O) groups is 1. The molecular weight excluding hydrogens is 397 g/mol. The van der Waals surface area contributed by atoms with Crippen molar-refractivity contribution in [1.82, 2.24) is 0 Å². The Morgan fingerprint density at radius 2 is 1.83 bits per heavy atom. The van der Waals surface area contributed by atoms with Crippen LogP contribution in [-0.4, -0.2) is 25.9 Å². The van der Waals surface area contributed by atoms with Gasteiger partial charge < -0.3 is 14.8 Å². The lowest BCUT2D eigenvalue weighted by Crippen LogP contribution is -2.14. The van der Waals surface area contributed by atoms with Crippen molar-refractivity contribution < 1.29 is 18.7 Å². The molecule has 0 spiro atoms. The highest BCUT2D eigenvalue weighted by atomic mass is 79.9. The minimum Gasteiger partial charge on any atom is -0.496 e. The van der Waals surface area contributed by atoms with Crippen molar-refractivity contribution in [2.75, 3.05) is 25.3 Å². The molecule has 7 heteroatoms. The first-order chi connectivity index (χ1) is 11.5. The lowest BCUT2D eigenvalue weighted by atomic mass is 10.2. The third-order valence-corrected chi connectivity index (χ3v) is 4.77. The topological polar surface area (TPSA) is 47.6 Å². The number of ether oxygens (including phenoxy) is 2. The highest BCUT2D eigenvalue weighted by molar-refractivity contribution is 9.10. The Labute approximate surface area is 152 Å². The van der Waals surface area contributed by atoms with Crippen molar-refractivity contribution in [3.63, 3.8) is 0 Å². The Balaban J connectivity index is 1.91. The van der Waals surface area contributed by atoms with E-state index in [9.17, 15) is 9.18 Å². The van der Waals surface area contributed by atoms with Gasteiger partial charge in [-0.05, 0) is 52.3 Å². The second kappa shape index (κ2) is 8.94. The molecule has 4 nitrogen and oxygen atoms in total. The summed E-state index contributed by atoms with van der Waals surface area (Å²) in [7, 11) is 3.20. The standard InChI is InChI=1S/C17H17BrFNO3S/c1-22-15-8-14(18)16(23-2)7-11(15)9-24-10-17(21)20-13-5-3-12(19)4-6-13/h3-8H,9-10H2,1-2H3,(H,20,21). The fourth-order valence-electron chi connectivity index (χ4n) is 2.02. The largest absolute Gasteiger partial charge is 0.496 e. The van der Waals surface area contributed by atoms with Gasteiger partial charge in [-0.15, -0.1) is 11.8 Å². The van der Waals surface area contributed by atoms with Crippen LogP contribution >= 0.6 is 27.7 Å². The van der Waals surface area contributed by atoms with Gasteiger partial charge in [0.2, 0.25) is 5.91 Å². The van der Waals surface area contributed by atoms with Crippen LogP contribution in [0.15, 0.2) is 40.9 Å². The number of carbonyl (C=O) groups excluding carboxylic acids is 1. The van der Waals surface area contributed by atoms with Crippen LogP contribution in [-0.2, 0) is 10.5 Å². The molecule has 0 aliphatic rings. The van der Waals surface area contributed by atoms with E-state index in [2.05, 4.69) is 21.2 Å². The summed E-state index contributed by atoms with van der Waals surface area (Å²) in [5.74, 6) is 1.84. The van der Waals surface area contributed by atoms with Crippen molar-refractivity contribution in [1.29, 1.82) is 0 Å². The highest BCUT2D eigenvalue weighted by Gasteiger charge is 2.11. The Kier molecular flexibility index (Phi) is 6.93. The van der Waals surface area contributed by atoms with E-state index < -0.39 is 0 Å². The Bertz CT molecular complexity index is 710. The van der Waals surface area contributed by atoms with Crippen LogP contribution in [0, 0.1) is 5.82 Å². The maximum absolute atomic E-state index is 12.8. The fourth-order valence-corrected chi connectivity index (χ4v) is 3.31. The minimum absolute atomic E-state index is 0.144.